The van der Waals surface area contributed by atoms with Crippen LogP contribution in [0, 0.1) is 12.8 Å². The highest BCUT2D eigenvalue weighted by Crippen LogP contribution is 2.05. The van der Waals surface area contributed by atoms with Gasteiger partial charge in [0.05, 0.1) is 0 Å². The lowest BCUT2D eigenvalue weighted by molar-refractivity contribution is 0.614. The van der Waals surface area contributed by atoms with E-state index >= 15 is 0 Å². The van der Waals surface area contributed by atoms with Crippen molar-refractivity contribution in [3.05, 3.63) is 35.4 Å². The maximum Gasteiger partial charge on any atom is 0.191 e. The van der Waals surface area contributed by atoms with Crippen molar-refractivity contribution >= 4 is 5.96 Å². The summed E-state index contributed by atoms with van der Waals surface area (Å²) in [6, 6.07) is 8.39. The third kappa shape index (κ3) is 4.89. The fourth-order valence-corrected chi connectivity index (χ4v) is 1.51. The summed E-state index contributed by atoms with van der Waals surface area (Å²) < 4.78 is 0. The highest BCUT2D eigenvalue weighted by atomic mass is 15.2. The van der Waals surface area contributed by atoms with E-state index in [-0.39, 0.29) is 0 Å². The molecule has 1 rings (SSSR count). The largest absolute Gasteiger partial charge is 0.356 e. The molecule has 0 saturated heterocycles. The van der Waals surface area contributed by atoms with Crippen molar-refractivity contribution < 1.29 is 0 Å². The molecular weight excluding hydrogens is 210 g/mol. The number of aryl methyl sites for hydroxylation is 1. The molecule has 0 aliphatic carbocycles. The second kappa shape index (κ2) is 6.94. The lowest BCUT2D eigenvalue weighted by Gasteiger charge is -2.14. The quantitative estimate of drug-likeness (QED) is 0.618. The van der Waals surface area contributed by atoms with Gasteiger partial charge in [-0.1, -0.05) is 38.1 Å². The zero-order valence-corrected chi connectivity index (χ0v) is 11.2. The van der Waals surface area contributed by atoms with Crippen LogP contribution in [0.4, 0.5) is 0 Å². The van der Waals surface area contributed by atoms with Gasteiger partial charge in [-0.05, 0) is 24.0 Å². The Kier molecular flexibility index (Phi) is 5.53. The van der Waals surface area contributed by atoms with Gasteiger partial charge in [-0.15, -0.1) is 0 Å². The van der Waals surface area contributed by atoms with Crippen molar-refractivity contribution in [2.45, 2.75) is 27.3 Å². The minimum Gasteiger partial charge on any atom is -0.356 e. The van der Waals surface area contributed by atoms with Crippen molar-refractivity contribution in [3.8, 4) is 0 Å². The Morgan fingerprint density at radius 1 is 1.24 bits per heavy atom. The number of benzene rings is 1. The fourth-order valence-electron chi connectivity index (χ4n) is 1.51. The Bertz CT molecular complexity index is 369. The minimum absolute atomic E-state index is 0.618. The summed E-state index contributed by atoms with van der Waals surface area (Å²) in [5.74, 6) is 1.48. The molecule has 0 aliphatic rings. The zero-order valence-electron chi connectivity index (χ0n) is 11.2. The second-order valence-corrected chi connectivity index (χ2v) is 4.63. The van der Waals surface area contributed by atoms with E-state index in [2.05, 4.69) is 60.7 Å². The van der Waals surface area contributed by atoms with Crippen LogP contribution in [0.1, 0.15) is 25.0 Å². The van der Waals surface area contributed by atoms with Crippen molar-refractivity contribution in [2.24, 2.45) is 10.9 Å². The SMILES string of the molecule is CN=C(NCc1ccccc1C)NCC(C)C. The summed E-state index contributed by atoms with van der Waals surface area (Å²) in [5, 5.41) is 6.62. The van der Waals surface area contributed by atoms with E-state index in [9.17, 15) is 0 Å². The first-order valence-electron chi connectivity index (χ1n) is 6.12. The van der Waals surface area contributed by atoms with Crippen LogP contribution in [-0.2, 0) is 6.54 Å². The Balaban J connectivity index is 2.46. The van der Waals surface area contributed by atoms with Gasteiger partial charge in [-0.2, -0.15) is 0 Å². The molecule has 3 nitrogen and oxygen atoms in total. The molecule has 0 aliphatic heterocycles. The number of hydrogen-bond acceptors (Lipinski definition) is 1. The number of nitrogens with one attached hydrogen (secondary N) is 2. The molecule has 0 unspecified atom stereocenters. The predicted octanol–water partition coefficient (Wildman–Crippen LogP) is 2.32. The van der Waals surface area contributed by atoms with Crippen LogP contribution < -0.4 is 10.6 Å². The van der Waals surface area contributed by atoms with Crippen LogP contribution in [0.3, 0.4) is 0 Å². The van der Waals surface area contributed by atoms with Crippen molar-refractivity contribution in [1.82, 2.24) is 10.6 Å². The van der Waals surface area contributed by atoms with E-state index in [0.717, 1.165) is 19.0 Å². The topological polar surface area (TPSA) is 36.4 Å². The van der Waals surface area contributed by atoms with Gasteiger partial charge in [0, 0.05) is 20.1 Å². The molecule has 0 fully saturated rings. The molecule has 94 valence electrons. The average molecular weight is 233 g/mol. The Labute approximate surface area is 104 Å². The van der Waals surface area contributed by atoms with Crippen LogP contribution in [-0.4, -0.2) is 19.6 Å². The third-order valence-electron chi connectivity index (χ3n) is 2.61. The highest BCUT2D eigenvalue weighted by molar-refractivity contribution is 5.79. The molecule has 0 radical (unpaired) electrons. The summed E-state index contributed by atoms with van der Waals surface area (Å²) in [4.78, 5) is 4.20. The first-order chi connectivity index (χ1) is 8.13. The van der Waals surface area contributed by atoms with E-state index in [1.54, 1.807) is 7.05 Å². The Morgan fingerprint density at radius 3 is 2.53 bits per heavy atom. The highest BCUT2D eigenvalue weighted by Gasteiger charge is 2.00. The van der Waals surface area contributed by atoms with E-state index < -0.39 is 0 Å². The standard InChI is InChI=1S/C14H23N3/c1-11(2)9-16-14(15-4)17-10-13-8-6-5-7-12(13)3/h5-8,11H,9-10H2,1-4H3,(H2,15,16,17). The number of nitrogens with zero attached hydrogens (tertiary/aromatic N) is 1. The van der Waals surface area contributed by atoms with Gasteiger partial charge in [0.25, 0.3) is 0 Å². The number of aliphatic imine (C=N–C) groups is 1. The van der Waals surface area contributed by atoms with E-state index in [1.165, 1.54) is 11.1 Å². The number of guanidine groups is 1. The second-order valence-electron chi connectivity index (χ2n) is 4.63. The summed E-state index contributed by atoms with van der Waals surface area (Å²) in [7, 11) is 1.80. The maximum atomic E-state index is 4.20. The molecule has 1 aromatic rings. The Hall–Kier alpha value is -1.51. The normalized spacial score (nSPS) is 11.7. The molecule has 0 spiro atoms. The van der Waals surface area contributed by atoms with Crippen LogP contribution in [0.15, 0.2) is 29.3 Å². The zero-order chi connectivity index (χ0) is 12.7. The first kappa shape index (κ1) is 13.6. The van der Waals surface area contributed by atoms with Crippen molar-refractivity contribution in [1.29, 1.82) is 0 Å². The van der Waals surface area contributed by atoms with Gasteiger partial charge in [0.1, 0.15) is 0 Å². The lowest BCUT2D eigenvalue weighted by Crippen LogP contribution is -2.38. The van der Waals surface area contributed by atoms with Crippen molar-refractivity contribution in [2.75, 3.05) is 13.6 Å². The van der Waals surface area contributed by atoms with Crippen LogP contribution >= 0.6 is 0 Å². The lowest BCUT2D eigenvalue weighted by atomic mass is 10.1. The van der Waals surface area contributed by atoms with Gasteiger partial charge in [0.2, 0.25) is 0 Å². The number of rotatable bonds is 4. The smallest absolute Gasteiger partial charge is 0.191 e. The monoisotopic (exact) mass is 233 g/mol. The molecule has 0 aromatic heterocycles. The molecule has 17 heavy (non-hydrogen) atoms. The van der Waals surface area contributed by atoms with Crippen LogP contribution in [0.2, 0.25) is 0 Å². The van der Waals surface area contributed by atoms with Gasteiger partial charge < -0.3 is 10.6 Å². The van der Waals surface area contributed by atoms with Crippen LogP contribution in [0.5, 0.6) is 0 Å². The summed E-state index contributed by atoms with van der Waals surface area (Å²) in [6.07, 6.45) is 0. The van der Waals surface area contributed by atoms with E-state index in [1.807, 2.05) is 0 Å². The predicted molar refractivity (Wildman–Crippen MR) is 74.2 cm³/mol. The summed E-state index contributed by atoms with van der Waals surface area (Å²) in [5.41, 5.74) is 2.61. The molecule has 0 heterocycles. The summed E-state index contributed by atoms with van der Waals surface area (Å²) >= 11 is 0. The van der Waals surface area contributed by atoms with Crippen LogP contribution in [0.25, 0.3) is 0 Å². The molecule has 0 bridgehead atoms. The molecule has 2 N–H and O–H groups in total. The molecule has 0 amide bonds. The molecule has 0 atom stereocenters. The minimum atomic E-state index is 0.618. The van der Waals surface area contributed by atoms with Gasteiger partial charge >= 0.3 is 0 Å². The maximum absolute atomic E-state index is 4.20. The van der Waals surface area contributed by atoms with E-state index in [4.69, 9.17) is 0 Å². The third-order valence-corrected chi connectivity index (χ3v) is 2.61. The molecule has 1 aromatic carbocycles. The Morgan fingerprint density at radius 2 is 1.94 bits per heavy atom. The first-order valence-corrected chi connectivity index (χ1v) is 6.12. The molecule has 3 heteroatoms. The van der Waals surface area contributed by atoms with Gasteiger partial charge in [-0.3, -0.25) is 4.99 Å². The van der Waals surface area contributed by atoms with Crippen molar-refractivity contribution in [3.63, 3.8) is 0 Å². The fraction of sp³-hybridized carbons (Fsp3) is 0.500. The molecular formula is C14H23N3. The number of hydrogen-bond donors (Lipinski definition) is 2. The average Bonchev–Trinajstić information content (AvgIpc) is 2.31. The summed E-state index contributed by atoms with van der Waals surface area (Å²) in [6.45, 7) is 8.24. The molecule has 0 saturated carbocycles. The van der Waals surface area contributed by atoms with Gasteiger partial charge in [0.15, 0.2) is 5.96 Å². The van der Waals surface area contributed by atoms with E-state index in [0.29, 0.717) is 5.92 Å². The van der Waals surface area contributed by atoms with Gasteiger partial charge in [-0.25, -0.2) is 0 Å².